The first-order valence-corrected chi connectivity index (χ1v) is 5.75. The largest absolute Gasteiger partial charge is 0.398 e. The third kappa shape index (κ3) is 2.12. The average molecular weight is 205 g/mol. The Morgan fingerprint density at radius 2 is 2.40 bits per heavy atom. The van der Waals surface area contributed by atoms with Gasteiger partial charge in [-0.2, -0.15) is 0 Å². The van der Waals surface area contributed by atoms with Gasteiger partial charge in [0.25, 0.3) is 0 Å². The second-order valence-corrected chi connectivity index (χ2v) is 4.23. The van der Waals surface area contributed by atoms with Crippen molar-refractivity contribution in [3.05, 3.63) is 24.0 Å². The van der Waals surface area contributed by atoms with Crippen LogP contribution in [0, 0.1) is 5.92 Å². The molecule has 1 unspecified atom stereocenters. The molecule has 0 saturated heterocycles. The molecular formula is C12H19N3. The summed E-state index contributed by atoms with van der Waals surface area (Å²) in [5, 5.41) is 3.52. The number of anilines is 1. The number of hydrogen-bond donors (Lipinski definition) is 2. The van der Waals surface area contributed by atoms with Gasteiger partial charge in [-0.15, -0.1) is 0 Å². The molecule has 0 radical (unpaired) electrons. The van der Waals surface area contributed by atoms with E-state index in [-0.39, 0.29) is 0 Å². The molecule has 1 heterocycles. The van der Waals surface area contributed by atoms with Crippen LogP contribution in [0.3, 0.4) is 0 Å². The lowest BCUT2D eigenvalue weighted by molar-refractivity contribution is 0.233. The number of aromatic nitrogens is 1. The number of nitrogens with two attached hydrogens (primary N) is 1. The topological polar surface area (TPSA) is 50.9 Å². The summed E-state index contributed by atoms with van der Waals surface area (Å²) < 4.78 is 0. The van der Waals surface area contributed by atoms with E-state index in [2.05, 4.69) is 17.2 Å². The van der Waals surface area contributed by atoms with Gasteiger partial charge in [0.15, 0.2) is 0 Å². The fourth-order valence-corrected chi connectivity index (χ4v) is 2.20. The van der Waals surface area contributed by atoms with Crippen LogP contribution in [0.2, 0.25) is 0 Å². The fourth-order valence-electron chi connectivity index (χ4n) is 2.20. The van der Waals surface area contributed by atoms with Gasteiger partial charge in [-0.1, -0.05) is 13.3 Å². The first-order valence-electron chi connectivity index (χ1n) is 5.75. The Morgan fingerprint density at radius 3 is 2.93 bits per heavy atom. The predicted molar refractivity (Wildman–Crippen MR) is 62.4 cm³/mol. The Morgan fingerprint density at radius 1 is 1.60 bits per heavy atom. The summed E-state index contributed by atoms with van der Waals surface area (Å²) in [6, 6.07) is 2.29. The minimum Gasteiger partial charge on any atom is -0.398 e. The van der Waals surface area contributed by atoms with E-state index in [1.807, 2.05) is 12.3 Å². The molecule has 1 aromatic heterocycles. The lowest BCUT2D eigenvalue weighted by Gasteiger charge is -2.34. The van der Waals surface area contributed by atoms with Crippen molar-refractivity contribution < 1.29 is 0 Å². The molecule has 2 rings (SSSR count). The van der Waals surface area contributed by atoms with Crippen LogP contribution in [0.15, 0.2) is 18.5 Å². The number of nitrogen functional groups attached to an aromatic ring is 1. The van der Waals surface area contributed by atoms with E-state index in [1.165, 1.54) is 24.8 Å². The quantitative estimate of drug-likeness (QED) is 0.791. The summed E-state index contributed by atoms with van der Waals surface area (Å²) in [4.78, 5) is 4.17. The van der Waals surface area contributed by atoms with Crippen molar-refractivity contribution >= 4 is 5.69 Å². The minimum atomic E-state index is 0.400. The van der Waals surface area contributed by atoms with Crippen LogP contribution in [-0.4, -0.2) is 11.5 Å². The summed E-state index contributed by atoms with van der Waals surface area (Å²) in [5.41, 5.74) is 8.02. The van der Waals surface area contributed by atoms with Crippen LogP contribution in [0.25, 0.3) is 0 Å². The van der Waals surface area contributed by atoms with Crippen molar-refractivity contribution in [1.29, 1.82) is 0 Å². The van der Waals surface area contributed by atoms with E-state index in [4.69, 9.17) is 5.73 Å². The molecule has 0 aliphatic heterocycles. The second-order valence-electron chi connectivity index (χ2n) is 4.23. The molecule has 1 atom stereocenters. The van der Waals surface area contributed by atoms with Crippen molar-refractivity contribution in [3.63, 3.8) is 0 Å². The van der Waals surface area contributed by atoms with Crippen LogP contribution >= 0.6 is 0 Å². The maximum Gasteiger partial charge on any atom is 0.0393 e. The van der Waals surface area contributed by atoms with Gasteiger partial charge >= 0.3 is 0 Å². The van der Waals surface area contributed by atoms with Crippen molar-refractivity contribution in [3.8, 4) is 0 Å². The highest BCUT2D eigenvalue weighted by Crippen LogP contribution is 2.38. The van der Waals surface area contributed by atoms with Gasteiger partial charge in [0, 0.05) is 29.7 Å². The van der Waals surface area contributed by atoms with Crippen molar-refractivity contribution in [2.24, 2.45) is 5.92 Å². The van der Waals surface area contributed by atoms with Gasteiger partial charge in [0.1, 0.15) is 0 Å². The van der Waals surface area contributed by atoms with Crippen molar-refractivity contribution in [2.45, 2.75) is 32.2 Å². The highest BCUT2D eigenvalue weighted by molar-refractivity contribution is 5.46. The molecule has 15 heavy (non-hydrogen) atoms. The number of hydrogen-bond acceptors (Lipinski definition) is 3. The lowest BCUT2D eigenvalue weighted by Crippen LogP contribution is -2.32. The van der Waals surface area contributed by atoms with Gasteiger partial charge in [0.05, 0.1) is 0 Å². The van der Waals surface area contributed by atoms with E-state index in [1.54, 1.807) is 6.20 Å². The standard InChI is InChI=1S/C12H19N3/c1-2-15-12(9-4-3-5-9)10-8-14-7-6-11(10)13/h6-9,12,15H,2-5H2,1H3,(H2,13,14). The molecule has 3 heteroatoms. The molecule has 1 aromatic rings. The summed E-state index contributed by atoms with van der Waals surface area (Å²) >= 11 is 0. The average Bonchev–Trinajstić information content (AvgIpc) is 2.15. The molecule has 1 aliphatic carbocycles. The van der Waals surface area contributed by atoms with E-state index in [0.717, 1.165) is 18.2 Å². The fraction of sp³-hybridized carbons (Fsp3) is 0.583. The number of nitrogens with zero attached hydrogens (tertiary/aromatic N) is 1. The van der Waals surface area contributed by atoms with E-state index < -0.39 is 0 Å². The Kier molecular flexibility index (Phi) is 3.21. The SMILES string of the molecule is CCNC(c1cnccc1N)C1CCC1. The molecule has 0 spiro atoms. The third-order valence-corrected chi connectivity index (χ3v) is 3.27. The zero-order chi connectivity index (χ0) is 10.7. The van der Waals surface area contributed by atoms with E-state index in [0.29, 0.717) is 6.04 Å². The van der Waals surface area contributed by atoms with Crippen LogP contribution in [0.5, 0.6) is 0 Å². The number of pyridine rings is 1. The molecule has 0 amide bonds. The molecule has 3 nitrogen and oxygen atoms in total. The maximum absolute atomic E-state index is 5.99. The monoisotopic (exact) mass is 205 g/mol. The molecule has 1 fully saturated rings. The lowest BCUT2D eigenvalue weighted by atomic mass is 9.77. The third-order valence-electron chi connectivity index (χ3n) is 3.27. The van der Waals surface area contributed by atoms with Crippen LogP contribution in [-0.2, 0) is 0 Å². The first kappa shape index (κ1) is 10.4. The molecule has 0 aromatic carbocycles. The van der Waals surface area contributed by atoms with Gasteiger partial charge in [0.2, 0.25) is 0 Å². The molecule has 82 valence electrons. The highest BCUT2D eigenvalue weighted by Gasteiger charge is 2.28. The van der Waals surface area contributed by atoms with Crippen LogP contribution in [0.4, 0.5) is 5.69 Å². The predicted octanol–water partition coefficient (Wildman–Crippen LogP) is 2.11. The zero-order valence-electron chi connectivity index (χ0n) is 9.24. The number of rotatable bonds is 4. The molecule has 1 saturated carbocycles. The zero-order valence-corrected chi connectivity index (χ0v) is 9.24. The smallest absolute Gasteiger partial charge is 0.0393 e. The Bertz CT molecular complexity index is 320. The summed E-state index contributed by atoms with van der Waals surface area (Å²) in [6.45, 7) is 3.12. The van der Waals surface area contributed by atoms with Crippen LogP contribution < -0.4 is 11.1 Å². The molecule has 0 bridgehead atoms. The second kappa shape index (κ2) is 4.62. The van der Waals surface area contributed by atoms with Gasteiger partial charge in [-0.05, 0) is 31.4 Å². The molecular weight excluding hydrogens is 186 g/mol. The van der Waals surface area contributed by atoms with Gasteiger partial charge in [-0.25, -0.2) is 0 Å². The Balaban J connectivity index is 2.19. The first-order chi connectivity index (χ1) is 7.33. The normalized spacial score (nSPS) is 18.5. The summed E-state index contributed by atoms with van der Waals surface area (Å²) in [5.74, 6) is 0.747. The summed E-state index contributed by atoms with van der Waals surface area (Å²) in [7, 11) is 0. The van der Waals surface area contributed by atoms with Gasteiger partial charge < -0.3 is 11.1 Å². The summed E-state index contributed by atoms with van der Waals surface area (Å²) in [6.07, 6.45) is 7.63. The Labute approximate surface area is 91.1 Å². The van der Waals surface area contributed by atoms with Gasteiger partial charge in [-0.3, -0.25) is 4.98 Å². The Hall–Kier alpha value is -1.09. The molecule has 3 N–H and O–H groups in total. The van der Waals surface area contributed by atoms with Crippen molar-refractivity contribution in [2.75, 3.05) is 12.3 Å². The van der Waals surface area contributed by atoms with Crippen LogP contribution in [0.1, 0.15) is 37.8 Å². The highest BCUT2D eigenvalue weighted by atomic mass is 14.9. The minimum absolute atomic E-state index is 0.400. The van der Waals surface area contributed by atoms with E-state index in [9.17, 15) is 0 Å². The number of nitrogens with one attached hydrogen (secondary N) is 1. The van der Waals surface area contributed by atoms with Crippen molar-refractivity contribution in [1.82, 2.24) is 10.3 Å². The molecule has 1 aliphatic rings. The van der Waals surface area contributed by atoms with E-state index >= 15 is 0 Å². The maximum atomic E-state index is 5.99.